The molecule has 1 aliphatic carbocycles. The molecule has 19 heavy (non-hydrogen) atoms. The standard InChI is InChI=1S/C12H15FN2O3S/c1-7-9(13)5-8(6-10(7)19(14,17)18)11(16)15-12(2)3-4-12/h5-6H,3-4H2,1-2H3,(H,15,16)(H2,14,17,18). The number of carbonyl (C=O) groups is 1. The van der Waals surface area contributed by atoms with Crippen LogP contribution in [-0.2, 0) is 10.0 Å². The summed E-state index contributed by atoms with van der Waals surface area (Å²) in [7, 11) is -4.06. The van der Waals surface area contributed by atoms with Gasteiger partial charge in [-0.3, -0.25) is 4.79 Å². The Balaban J connectivity index is 2.42. The summed E-state index contributed by atoms with van der Waals surface area (Å²) in [5.74, 6) is -1.26. The van der Waals surface area contributed by atoms with Gasteiger partial charge in [0.05, 0.1) is 4.90 Å². The molecule has 7 heteroatoms. The first-order chi connectivity index (χ1) is 8.62. The van der Waals surface area contributed by atoms with E-state index in [0.29, 0.717) is 0 Å². The molecule has 0 aliphatic heterocycles. The fourth-order valence-corrected chi connectivity index (χ4v) is 2.55. The van der Waals surface area contributed by atoms with E-state index in [1.807, 2.05) is 6.92 Å². The zero-order valence-corrected chi connectivity index (χ0v) is 11.5. The quantitative estimate of drug-likeness (QED) is 0.870. The normalized spacial score (nSPS) is 17.1. The van der Waals surface area contributed by atoms with Crippen LogP contribution < -0.4 is 10.5 Å². The Bertz CT molecular complexity index is 651. The number of benzene rings is 1. The van der Waals surface area contributed by atoms with Gasteiger partial charge in [-0.1, -0.05) is 0 Å². The Morgan fingerprint density at radius 2 is 2.00 bits per heavy atom. The van der Waals surface area contributed by atoms with Crippen molar-refractivity contribution in [1.82, 2.24) is 5.32 Å². The van der Waals surface area contributed by atoms with E-state index in [9.17, 15) is 17.6 Å². The van der Waals surface area contributed by atoms with Crippen LogP contribution in [0.15, 0.2) is 17.0 Å². The van der Waals surface area contributed by atoms with Crippen LogP contribution in [0.3, 0.4) is 0 Å². The number of primary sulfonamides is 1. The van der Waals surface area contributed by atoms with Gasteiger partial charge in [0.1, 0.15) is 5.82 Å². The maximum atomic E-state index is 13.7. The van der Waals surface area contributed by atoms with Gasteiger partial charge in [0.2, 0.25) is 10.0 Å². The van der Waals surface area contributed by atoms with Crippen LogP contribution in [0.2, 0.25) is 0 Å². The maximum absolute atomic E-state index is 13.7. The van der Waals surface area contributed by atoms with Crippen molar-refractivity contribution in [3.8, 4) is 0 Å². The third-order valence-electron chi connectivity index (χ3n) is 3.28. The fraction of sp³-hybridized carbons (Fsp3) is 0.417. The molecule has 1 aromatic carbocycles. The monoisotopic (exact) mass is 286 g/mol. The molecular weight excluding hydrogens is 271 g/mol. The van der Waals surface area contributed by atoms with E-state index in [1.165, 1.54) is 6.92 Å². The van der Waals surface area contributed by atoms with Crippen LogP contribution in [0.4, 0.5) is 4.39 Å². The number of sulfonamides is 1. The topological polar surface area (TPSA) is 89.3 Å². The molecule has 0 heterocycles. The second kappa shape index (κ2) is 4.28. The summed E-state index contributed by atoms with van der Waals surface area (Å²) in [4.78, 5) is 11.6. The molecule has 0 saturated heterocycles. The van der Waals surface area contributed by atoms with Crippen LogP contribution >= 0.6 is 0 Å². The summed E-state index contributed by atoms with van der Waals surface area (Å²) in [6, 6.07) is 2.12. The van der Waals surface area contributed by atoms with E-state index in [0.717, 1.165) is 25.0 Å². The maximum Gasteiger partial charge on any atom is 0.251 e. The minimum atomic E-state index is -4.06. The van der Waals surface area contributed by atoms with Crippen molar-refractivity contribution < 1.29 is 17.6 Å². The number of nitrogens with two attached hydrogens (primary N) is 1. The largest absolute Gasteiger partial charge is 0.347 e. The van der Waals surface area contributed by atoms with E-state index in [1.54, 1.807) is 0 Å². The van der Waals surface area contributed by atoms with E-state index < -0.39 is 21.7 Å². The fourth-order valence-electron chi connectivity index (χ4n) is 1.74. The lowest BCUT2D eigenvalue weighted by Gasteiger charge is -2.13. The highest BCUT2D eigenvalue weighted by molar-refractivity contribution is 7.89. The molecule has 0 aromatic heterocycles. The highest BCUT2D eigenvalue weighted by atomic mass is 32.2. The van der Waals surface area contributed by atoms with Crippen molar-refractivity contribution in [3.05, 3.63) is 29.1 Å². The van der Waals surface area contributed by atoms with Gasteiger partial charge in [-0.15, -0.1) is 0 Å². The summed E-state index contributed by atoms with van der Waals surface area (Å²) in [5.41, 5.74) is -0.392. The van der Waals surface area contributed by atoms with Crippen molar-refractivity contribution in [2.24, 2.45) is 5.14 Å². The Labute approximate surface area is 111 Å². The SMILES string of the molecule is Cc1c(F)cc(C(=O)NC2(C)CC2)cc1S(N)(=O)=O. The van der Waals surface area contributed by atoms with Crippen LogP contribution in [0.1, 0.15) is 35.7 Å². The summed E-state index contributed by atoms with van der Waals surface area (Å²) in [6.07, 6.45) is 1.71. The van der Waals surface area contributed by atoms with Gasteiger partial charge in [0.15, 0.2) is 0 Å². The number of rotatable bonds is 3. The van der Waals surface area contributed by atoms with Crippen LogP contribution in [0.5, 0.6) is 0 Å². The highest BCUT2D eigenvalue weighted by Crippen LogP contribution is 2.34. The summed E-state index contributed by atoms with van der Waals surface area (Å²) in [6.45, 7) is 3.18. The lowest BCUT2D eigenvalue weighted by atomic mass is 10.1. The van der Waals surface area contributed by atoms with Crippen molar-refractivity contribution in [1.29, 1.82) is 0 Å². The predicted octanol–water partition coefficient (Wildman–Crippen LogP) is 1.06. The van der Waals surface area contributed by atoms with Gasteiger partial charge in [-0.25, -0.2) is 17.9 Å². The van der Waals surface area contributed by atoms with E-state index >= 15 is 0 Å². The molecule has 1 saturated carbocycles. The molecule has 1 aliphatic rings. The predicted molar refractivity (Wildman–Crippen MR) is 67.6 cm³/mol. The number of amides is 1. The first-order valence-electron chi connectivity index (χ1n) is 5.78. The van der Waals surface area contributed by atoms with E-state index in [2.05, 4.69) is 5.32 Å². The minimum absolute atomic E-state index is 0.0414. The van der Waals surface area contributed by atoms with E-state index in [-0.39, 0.29) is 21.6 Å². The Morgan fingerprint density at radius 1 is 1.42 bits per heavy atom. The summed E-state index contributed by atoms with van der Waals surface area (Å²) < 4.78 is 36.4. The molecule has 0 bridgehead atoms. The van der Waals surface area contributed by atoms with Gasteiger partial charge in [0.25, 0.3) is 5.91 Å². The van der Waals surface area contributed by atoms with Gasteiger partial charge >= 0.3 is 0 Å². The van der Waals surface area contributed by atoms with Crippen molar-refractivity contribution in [2.45, 2.75) is 37.1 Å². The highest BCUT2D eigenvalue weighted by Gasteiger charge is 2.39. The van der Waals surface area contributed by atoms with E-state index in [4.69, 9.17) is 5.14 Å². The van der Waals surface area contributed by atoms with Crippen molar-refractivity contribution in [2.75, 3.05) is 0 Å². The molecule has 1 aromatic rings. The number of hydrogen-bond donors (Lipinski definition) is 2. The lowest BCUT2D eigenvalue weighted by Crippen LogP contribution is -2.34. The summed E-state index contributed by atoms with van der Waals surface area (Å²) >= 11 is 0. The van der Waals surface area contributed by atoms with Gasteiger partial charge < -0.3 is 5.32 Å². The molecule has 5 nitrogen and oxygen atoms in total. The lowest BCUT2D eigenvalue weighted by molar-refractivity contribution is 0.0934. The second-order valence-corrected chi connectivity index (χ2v) is 6.67. The second-order valence-electron chi connectivity index (χ2n) is 5.14. The first-order valence-corrected chi connectivity index (χ1v) is 7.32. The average molecular weight is 286 g/mol. The molecule has 0 spiro atoms. The Kier molecular flexibility index (Phi) is 3.14. The van der Waals surface area contributed by atoms with Gasteiger partial charge in [-0.2, -0.15) is 0 Å². The number of hydrogen-bond acceptors (Lipinski definition) is 3. The Morgan fingerprint density at radius 3 is 2.47 bits per heavy atom. The summed E-state index contributed by atoms with van der Waals surface area (Å²) in [5, 5.41) is 7.74. The number of halogens is 1. The number of carbonyl (C=O) groups excluding carboxylic acids is 1. The third-order valence-corrected chi connectivity index (χ3v) is 4.32. The minimum Gasteiger partial charge on any atom is -0.347 e. The van der Waals surface area contributed by atoms with Crippen LogP contribution in [0.25, 0.3) is 0 Å². The molecule has 3 N–H and O–H groups in total. The molecule has 0 unspecified atom stereocenters. The molecule has 1 fully saturated rings. The number of nitrogens with one attached hydrogen (secondary N) is 1. The molecular formula is C12H15FN2O3S. The van der Waals surface area contributed by atoms with Crippen LogP contribution in [0, 0.1) is 12.7 Å². The smallest absolute Gasteiger partial charge is 0.251 e. The molecule has 2 rings (SSSR count). The van der Waals surface area contributed by atoms with Crippen LogP contribution in [-0.4, -0.2) is 19.9 Å². The van der Waals surface area contributed by atoms with Gasteiger partial charge in [-0.05, 0) is 38.8 Å². The molecule has 1 amide bonds. The van der Waals surface area contributed by atoms with Gasteiger partial charge in [0, 0.05) is 16.7 Å². The average Bonchev–Trinajstić information content (AvgIpc) is 2.98. The third kappa shape index (κ3) is 2.93. The zero-order chi connectivity index (χ0) is 14.4. The zero-order valence-electron chi connectivity index (χ0n) is 10.7. The molecule has 104 valence electrons. The van der Waals surface area contributed by atoms with Crippen molar-refractivity contribution >= 4 is 15.9 Å². The first kappa shape index (κ1) is 14.0. The molecule has 0 radical (unpaired) electrons. The van der Waals surface area contributed by atoms with Crippen molar-refractivity contribution in [3.63, 3.8) is 0 Å². The Hall–Kier alpha value is -1.47. The molecule has 0 atom stereocenters.